The number of fused-ring (bicyclic) bond motifs is 3. The summed E-state index contributed by atoms with van der Waals surface area (Å²) in [6.07, 6.45) is 0. The maximum atomic E-state index is 10.4. The normalized spacial score (nSPS) is 11.3. The Bertz CT molecular complexity index is 2180. The number of hydrogen-bond donors (Lipinski definition) is 0. The second-order valence-corrected chi connectivity index (χ2v) is 12.1. The zero-order valence-electron chi connectivity index (χ0n) is 26.4. The molecule has 0 saturated carbocycles. The Kier molecular flexibility index (Phi) is 6.79. The fourth-order valence-electron chi connectivity index (χ4n) is 6.61. The standard InChI is InChI=1S/C40H33N5/c1-23-13-24(2)16-33(15-23)29-9-11-35-36-12-10-30(34-17-25(3)14-26(4)18-34)20-39(36)45(38(35)19-29)37-21-31(7-8-32(37)22-41)40-43-27(5)42-28(6)44-40/h7-21H,1-6H3. The van der Waals surface area contributed by atoms with Gasteiger partial charge in [-0.2, -0.15) is 5.26 Å². The van der Waals surface area contributed by atoms with Gasteiger partial charge in [-0.3, -0.25) is 0 Å². The van der Waals surface area contributed by atoms with Crippen molar-refractivity contribution in [1.82, 2.24) is 19.5 Å². The van der Waals surface area contributed by atoms with Crippen LogP contribution in [0.1, 0.15) is 39.5 Å². The lowest BCUT2D eigenvalue weighted by Crippen LogP contribution is -2.02. The largest absolute Gasteiger partial charge is 0.308 e. The van der Waals surface area contributed by atoms with E-state index in [9.17, 15) is 5.26 Å². The van der Waals surface area contributed by atoms with E-state index in [0.717, 1.165) is 44.2 Å². The van der Waals surface area contributed by atoms with Crippen LogP contribution in [-0.2, 0) is 0 Å². The van der Waals surface area contributed by atoms with Gasteiger partial charge in [-0.15, -0.1) is 0 Å². The van der Waals surface area contributed by atoms with E-state index in [0.29, 0.717) is 23.0 Å². The van der Waals surface area contributed by atoms with Crippen LogP contribution in [0.4, 0.5) is 0 Å². The minimum atomic E-state index is 0.577. The molecule has 2 heterocycles. The summed E-state index contributed by atoms with van der Waals surface area (Å²) < 4.78 is 2.24. The first-order valence-electron chi connectivity index (χ1n) is 15.2. The van der Waals surface area contributed by atoms with Crippen LogP contribution in [0, 0.1) is 52.9 Å². The van der Waals surface area contributed by atoms with E-state index < -0.39 is 0 Å². The number of nitriles is 1. The van der Waals surface area contributed by atoms with Gasteiger partial charge >= 0.3 is 0 Å². The molecule has 0 radical (unpaired) electrons. The van der Waals surface area contributed by atoms with Crippen molar-refractivity contribution < 1.29 is 0 Å². The van der Waals surface area contributed by atoms with Crippen molar-refractivity contribution in [3.63, 3.8) is 0 Å². The number of hydrogen-bond acceptors (Lipinski definition) is 4. The summed E-state index contributed by atoms with van der Waals surface area (Å²) in [6.45, 7) is 12.3. The van der Waals surface area contributed by atoms with Crippen molar-refractivity contribution in [2.45, 2.75) is 41.5 Å². The third kappa shape index (κ3) is 5.15. The van der Waals surface area contributed by atoms with E-state index in [-0.39, 0.29) is 0 Å². The van der Waals surface area contributed by atoms with Gasteiger partial charge in [0.05, 0.1) is 22.3 Å². The summed E-state index contributed by atoms with van der Waals surface area (Å²) in [4.78, 5) is 13.6. The summed E-state index contributed by atoms with van der Waals surface area (Å²) >= 11 is 0. The van der Waals surface area contributed by atoms with Crippen molar-refractivity contribution in [3.05, 3.63) is 130 Å². The zero-order valence-corrected chi connectivity index (χ0v) is 26.4. The van der Waals surface area contributed by atoms with Gasteiger partial charge in [0.2, 0.25) is 0 Å². The molecule has 218 valence electrons. The molecule has 0 aliphatic heterocycles. The molecule has 0 amide bonds. The summed E-state index contributed by atoms with van der Waals surface area (Å²) in [6, 6.07) is 35.0. The average molecular weight is 584 g/mol. The van der Waals surface area contributed by atoms with E-state index >= 15 is 0 Å². The highest BCUT2D eigenvalue weighted by Gasteiger charge is 2.19. The molecular formula is C40H33N5. The third-order valence-corrected chi connectivity index (χ3v) is 8.35. The quantitative estimate of drug-likeness (QED) is 0.207. The van der Waals surface area contributed by atoms with Crippen LogP contribution in [0.15, 0.2) is 91.0 Å². The predicted octanol–water partition coefficient (Wildman–Crippen LogP) is 9.69. The van der Waals surface area contributed by atoms with Crippen molar-refractivity contribution in [2.24, 2.45) is 0 Å². The molecule has 0 spiro atoms. The van der Waals surface area contributed by atoms with E-state index in [1.165, 1.54) is 33.4 Å². The minimum Gasteiger partial charge on any atom is -0.308 e. The molecule has 5 heteroatoms. The van der Waals surface area contributed by atoms with Gasteiger partial charge in [-0.1, -0.05) is 82.9 Å². The van der Waals surface area contributed by atoms with Crippen LogP contribution in [-0.4, -0.2) is 19.5 Å². The topological polar surface area (TPSA) is 67.4 Å². The fourth-order valence-corrected chi connectivity index (χ4v) is 6.61. The smallest absolute Gasteiger partial charge is 0.163 e. The molecule has 5 nitrogen and oxygen atoms in total. The number of aromatic nitrogens is 4. The molecular weight excluding hydrogens is 550 g/mol. The van der Waals surface area contributed by atoms with Crippen molar-refractivity contribution >= 4 is 21.8 Å². The van der Waals surface area contributed by atoms with Crippen molar-refractivity contribution in [2.75, 3.05) is 0 Å². The molecule has 45 heavy (non-hydrogen) atoms. The Morgan fingerprint density at radius 2 is 0.956 bits per heavy atom. The van der Waals surface area contributed by atoms with E-state index in [1.54, 1.807) is 0 Å². The molecule has 0 aliphatic carbocycles. The van der Waals surface area contributed by atoms with Gasteiger partial charge in [0.15, 0.2) is 5.82 Å². The molecule has 0 saturated heterocycles. The highest BCUT2D eigenvalue weighted by atomic mass is 15.0. The van der Waals surface area contributed by atoms with E-state index in [1.807, 2.05) is 32.0 Å². The average Bonchev–Trinajstić information content (AvgIpc) is 3.32. The Morgan fingerprint density at radius 3 is 1.42 bits per heavy atom. The summed E-state index contributed by atoms with van der Waals surface area (Å²) in [5.41, 5.74) is 13.8. The second kappa shape index (κ2) is 10.8. The van der Waals surface area contributed by atoms with Crippen molar-refractivity contribution in [1.29, 1.82) is 5.26 Å². The molecule has 0 N–H and O–H groups in total. The Hall–Kier alpha value is -5.60. The van der Waals surface area contributed by atoms with Gasteiger partial charge < -0.3 is 4.57 Å². The van der Waals surface area contributed by atoms with Gasteiger partial charge in [-0.05, 0) is 94.1 Å². The lowest BCUT2D eigenvalue weighted by atomic mass is 9.98. The van der Waals surface area contributed by atoms with Crippen LogP contribution in [0.25, 0.3) is 61.1 Å². The fraction of sp³-hybridized carbons (Fsp3) is 0.150. The summed E-state index contributed by atoms with van der Waals surface area (Å²) in [5, 5.41) is 12.7. The number of nitrogens with zero attached hydrogens (tertiary/aromatic N) is 5. The van der Waals surface area contributed by atoms with Crippen LogP contribution in [0.3, 0.4) is 0 Å². The Labute approximate surface area is 263 Å². The molecule has 0 aliphatic rings. The third-order valence-electron chi connectivity index (χ3n) is 8.35. The number of rotatable bonds is 4. The number of aryl methyl sites for hydroxylation is 6. The van der Waals surface area contributed by atoms with Gasteiger partial charge in [0.25, 0.3) is 0 Å². The molecule has 0 atom stereocenters. The molecule has 0 fully saturated rings. The lowest BCUT2D eigenvalue weighted by molar-refractivity contribution is 0.928. The van der Waals surface area contributed by atoms with Crippen LogP contribution in [0.5, 0.6) is 0 Å². The molecule has 0 bridgehead atoms. The Balaban J connectivity index is 1.56. The number of benzene rings is 5. The van der Waals surface area contributed by atoms with Crippen LogP contribution < -0.4 is 0 Å². The molecule has 7 rings (SSSR count). The van der Waals surface area contributed by atoms with Gasteiger partial charge in [0.1, 0.15) is 17.7 Å². The van der Waals surface area contributed by atoms with Crippen LogP contribution in [0.2, 0.25) is 0 Å². The lowest BCUT2D eigenvalue weighted by Gasteiger charge is -2.14. The maximum absolute atomic E-state index is 10.4. The van der Waals surface area contributed by atoms with Gasteiger partial charge in [-0.25, -0.2) is 15.0 Å². The molecule has 0 unspecified atom stereocenters. The summed E-state index contributed by atoms with van der Waals surface area (Å²) in [5.74, 6) is 1.92. The van der Waals surface area contributed by atoms with E-state index in [4.69, 9.17) is 0 Å². The Morgan fingerprint density at radius 1 is 0.489 bits per heavy atom. The predicted molar refractivity (Wildman–Crippen MR) is 184 cm³/mol. The zero-order chi connectivity index (χ0) is 31.4. The van der Waals surface area contributed by atoms with Gasteiger partial charge in [0, 0.05) is 16.3 Å². The SMILES string of the molecule is Cc1cc(C)cc(-c2ccc3c4ccc(-c5cc(C)cc(C)c5)cc4n(-c4cc(-c5nc(C)nc(C)n5)ccc4C#N)c3c2)c1. The first kappa shape index (κ1) is 28.2. The highest BCUT2D eigenvalue weighted by Crippen LogP contribution is 2.39. The molecule has 2 aromatic heterocycles. The van der Waals surface area contributed by atoms with E-state index in [2.05, 4.69) is 126 Å². The monoisotopic (exact) mass is 583 g/mol. The maximum Gasteiger partial charge on any atom is 0.163 e. The first-order chi connectivity index (χ1) is 21.7. The second-order valence-electron chi connectivity index (χ2n) is 12.1. The minimum absolute atomic E-state index is 0.577. The molecule has 7 aromatic rings. The summed E-state index contributed by atoms with van der Waals surface area (Å²) in [7, 11) is 0. The van der Waals surface area contributed by atoms with Crippen molar-refractivity contribution in [3.8, 4) is 45.4 Å². The highest BCUT2D eigenvalue weighted by molar-refractivity contribution is 6.11. The van der Waals surface area contributed by atoms with Crippen LogP contribution >= 0.6 is 0 Å². The molecule has 5 aromatic carbocycles. The first-order valence-corrected chi connectivity index (χ1v) is 15.2.